The van der Waals surface area contributed by atoms with Crippen LogP contribution in [0.2, 0.25) is 0 Å². The van der Waals surface area contributed by atoms with Gasteiger partial charge in [0, 0.05) is 38.8 Å². The monoisotopic (exact) mass is 738 g/mol. The highest BCUT2D eigenvalue weighted by atomic mass is 15.1. The van der Waals surface area contributed by atoms with E-state index in [1.54, 1.807) is 0 Å². The minimum atomic E-state index is 1.09. The van der Waals surface area contributed by atoms with Crippen LogP contribution in [0.15, 0.2) is 231 Å². The maximum Gasteiger partial charge on any atom is 0.0619 e. The first-order valence-electron chi connectivity index (χ1n) is 19.9. The summed E-state index contributed by atoms with van der Waals surface area (Å²) in [5.74, 6) is 0. The molecule has 2 nitrogen and oxygen atoms in total. The van der Waals surface area contributed by atoms with Gasteiger partial charge in [0.05, 0.1) is 16.7 Å². The highest BCUT2D eigenvalue weighted by Crippen LogP contribution is 2.43. The molecule has 58 heavy (non-hydrogen) atoms. The minimum absolute atomic E-state index is 1.09. The zero-order valence-electron chi connectivity index (χ0n) is 31.8. The lowest BCUT2D eigenvalue weighted by Crippen LogP contribution is -2.11. The highest BCUT2D eigenvalue weighted by molar-refractivity contribution is 6.19. The molecule has 11 aromatic rings. The maximum atomic E-state index is 2.44. The van der Waals surface area contributed by atoms with Crippen molar-refractivity contribution in [3.8, 4) is 39.1 Å². The van der Waals surface area contributed by atoms with Crippen molar-refractivity contribution >= 4 is 60.4 Å². The Kier molecular flexibility index (Phi) is 8.19. The molecular weight excluding hydrogens is 701 g/mol. The molecule has 2 heteroatoms. The number of hydrogen-bond acceptors (Lipinski definition) is 1. The lowest BCUT2D eigenvalue weighted by Gasteiger charge is -2.28. The molecule has 0 aliphatic carbocycles. The molecule has 11 rings (SSSR count). The predicted molar refractivity (Wildman–Crippen MR) is 247 cm³/mol. The number of fused-ring (bicyclic) bond motifs is 6. The second kappa shape index (κ2) is 14.1. The quantitative estimate of drug-likeness (QED) is 0.158. The minimum Gasteiger partial charge on any atom is -0.310 e. The average Bonchev–Trinajstić information content (AvgIpc) is 3.64. The van der Waals surface area contributed by atoms with Gasteiger partial charge in [-0.15, -0.1) is 0 Å². The SMILES string of the molecule is c1ccc(-c2ccccc2N(c2ccc(-c3ccc4c5ccc6ccccc6c5n(-c5ccccc5)c4c3)cc2)c2ccc(-c3cccc4ccccc34)cc2)cc1. The fourth-order valence-electron chi connectivity index (χ4n) is 8.83. The zero-order valence-corrected chi connectivity index (χ0v) is 31.8. The lowest BCUT2D eigenvalue weighted by molar-refractivity contribution is 1.19. The number of benzene rings is 10. The number of nitrogens with zero attached hydrogens (tertiary/aromatic N) is 2. The maximum absolute atomic E-state index is 2.44. The molecule has 0 aliphatic heterocycles. The number of aromatic nitrogens is 1. The van der Waals surface area contributed by atoms with Crippen LogP contribution in [0.1, 0.15) is 0 Å². The fourth-order valence-corrected chi connectivity index (χ4v) is 8.83. The van der Waals surface area contributed by atoms with Crippen molar-refractivity contribution in [2.24, 2.45) is 0 Å². The van der Waals surface area contributed by atoms with E-state index < -0.39 is 0 Å². The van der Waals surface area contributed by atoms with Gasteiger partial charge >= 0.3 is 0 Å². The first-order chi connectivity index (χ1) is 28.8. The Morgan fingerprint density at radius 2 is 0.845 bits per heavy atom. The first kappa shape index (κ1) is 33.6. The topological polar surface area (TPSA) is 8.17 Å². The summed E-state index contributed by atoms with van der Waals surface area (Å²) in [4.78, 5) is 2.39. The molecule has 0 atom stereocenters. The van der Waals surface area contributed by atoms with E-state index in [4.69, 9.17) is 0 Å². The third-order valence-electron chi connectivity index (χ3n) is 11.6. The summed E-state index contributed by atoms with van der Waals surface area (Å²) in [6.07, 6.45) is 0. The van der Waals surface area contributed by atoms with Crippen LogP contribution >= 0.6 is 0 Å². The smallest absolute Gasteiger partial charge is 0.0619 e. The van der Waals surface area contributed by atoms with E-state index in [1.807, 2.05) is 0 Å². The van der Waals surface area contributed by atoms with Gasteiger partial charge in [-0.05, 0) is 92.5 Å². The summed E-state index contributed by atoms with van der Waals surface area (Å²) in [5.41, 5.74) is 14.1. The van der Waals surface area contributed by atoms with Crippen LogP contribution in [-0.2, 0) is 0 Å². The van der Waals surface area contributed by atoms with Crippen molar-refractivity contribution in [3.05, 3.63) is 231 Å². The van der Waals surface area contributed by atoms with E-state index in [-0.39, 0.29) is 0 Å². The second-order valence-electron chi connectivity index (χ2n) is 14.9. The van der Waals surface area contributed by atoms with Crippen LogP contribution in [0.25, 0.3) is 82.4 Å². The highest BCUT2D eigenvalue weighted by Gasteiger charge is 2.19. The summed E-state index contributed by atoms with van der Waals surface area (Å²) in [6.45, 7) is 0. The normalized spacial score (nSPS) is 11.4. The van der Waals surface area contributed by atoms with Gasteiger partial charge in [-0.25, -0.2) is 0 Å². The van der Waals surface area contributed by atoms with Crippen molar-refractivity contribution in [1.82, 2.24) is 4.57 Å². The van der Waals surface area contributed by atoms with Gasteiger partial charge in [-0.3, -0.25) is 0 Å². The van der Waals surface area contributed by atoms with Crippen LogP contribution < -0.4 is 4.90 Å². The van der Waals surface area contributed by atoms with Gasteiger partial charge in [0.2, 0.25) is 0 Å². The third kappa shape index (κ3) is 5.74. The molecule has 1 aromatic heterocycles. The van der Waals surface area contributed by atoms with Gasteiger partial charge in [-0.1, -0.05) is 182 Å². The van der Waals surface area contributed by atoms with Crippen LogP contribution in [0.3, 0.4) is 0 Å². The zero-order chi connectivity index (χ0) is 38.4. The second-order valence-corrected chi connectivity index (χ2v) is 14.9. The Morgan fingerprint density at radius 3 is 1.60 bits per heavy atom. The van der Waals surface area contributed by atoms with Crippen molar-refractivity contribution < 1.29 is 0 Å². The molecule has 272 valence electrons. The van der Waals surface area contributed by atoms with Crippen molar-refractivity contribution in [3.63, 3.8) is 0 Å². The summed E-state index contributed by atoms with van der Waals surface area (Å²) < 4.78 is 2.44. The van der Waals surface area contributed by atoms with E-state index in [0.29, 0.717) is 0 Å². The van der Waals surface area contributed by atoms with Gasteiger partial charge < -0.3 is 9.47 Å². The summed E-state index contributed by atoms with van der Waals surface area (Å²) in [5, 5.41) is 7.52. The summed E-state index contributed by atoms with van der Waals surface area (Å²) >= 11 is 0. The summed E-state index contributed by atoms with van der Waals surface area (Å²) in [6, 6.07) is 83.6. The lowest BCUT2D eigenvalue weighted by atomic mass is 9.97. The molecule has 0 radical (unpaired) electrons. The first-order valence-corrected chi connectivity index (χ1v) is 19.9. The van der Waals surface area contributed by atoms with Crippen LogP contribution in [0.4, 0.5) is 17.1 Å². The van der Waals surface area contributed by atoms with Crippen molar-refractivity contribution in [1.29, 1.82) is 0 Å². The standard InChI is InChI=1S/C56H38N2/c1-3-14-41(15-4-1)50-22-11-12-25-54(50)57(47-34-28-43(29-35-47)49-24-13-18-40-16-7-9-21-48(40)49)46-32-26-39(27-33-46)44-31-36-52-53-37-30-42-17-8-10-23-51(42)56(53)58(55(52)38-44)45-19-5-2-6-20-45/h1-38H. The fraction of sp³-hybridized carbons (Fsp3) is 0. The third-order valence-corrected chi connectivity index (χ3v) is 11.6. The molecule has 0 spiro atoms. The van der Waals surface area contributed by atoms with Crippen molar-refractivity contribution in [2.75, 3.05) is 4.90 Å². The van der Waals surface area contributed by atoms with E-state index in [9.17, 15) is 0 Å². The molecule has 0 N–H and O–H groups in total. The Bertz CT molecular complexity index is 3250. The number of rotatable bonds is 7. The van der Waals surface area contributed by atoms with E-state index in [0.717, 1.165) is 22.7 Å². The number of para-hydroxylation sites is 2. The molecule has 10 aromatic carbocycles. The van der Waals surface area contributed by atoms with Crippen molar-refractivity contribution in [2.45, 2.75) is 0 Å². The Morgan fingerprint density at radius 1 is 0.310 bits per heavy atom. The Balaban J connectivity index is 1.04. The van der Waals surface area contributed by atoms with Crippen LogP contribution in [0.5, 0.6) is 0 Å². The molecule has 0 fully saturated rings. The number of hydrogen-bond donors (Lipinski definition) is 0. The van der Waals surface area contributed by atoms with E-state index in [1.165, 1.54) is 76.7 Å². The van der Waals surface area contributed by atoms with Gasteiger partial charge in [0.25, 0.3) is 0 Å². The molecule has 0 aliphatic rings. The largest absolute Gasteiger partial charge is 0.310 e. The molecule has 1 heterocycles. The van der Waals surface area contributed by atoms with E-state index >= 15 is 0 Å². The Hall–Kier alpha value is -7.68. The predicted octanol–water partition coefficient (Wildman–Crippen LogP) is 15.6. The van der Waals surface area contributed by atoms with Crippen LogP contribution in [-0.4, -0.2) is 4.57 Å². The number of anilines is 3. The molecule has 0 amide bonds. The van der Waals surface area contributed by atoms with Gasteiger partial charge in [0.1, 0.15) is 0 Å². The van der Waals surface area contributed by atoms with Gasteiger partial charge in [-0.2, -0.15) is 0 Å². The average molecular weight is 739 g/mol. The van der Waals surface area contributed by atoms with E-state index in [2.05, 4.69) is 240 Å². The Labute approximate surface area is 338 Å². The molecule has 0 saturated carbocycles. The molecule has 0 unspecified atom stereocenters. The molecule has 0 saturated heterocycles. The van der Waals surface area contributed by atoms with Crippen LogP contribution in [0, 0.1) is 0 Å². The molecular formula is C56H38N2. The summed E-state index contributed by atoms with van der Waals surface area (Å²) in [7, 11) is 0. The van der Waals surface area contributed by atoms with Gasteiger partial charge in [0.15, 0.2) is 0 Å². The molecule has 0 bridgehead atoms.